The Hall–Kier alpha value is -1.60. The molecule has 0 bridgehead atoms. The fourth-order valence-corrected chi connectivity index (χ4v) is 3.57. The fourth-order valence-electron chi connectivity index (χ4n) is 3.57. The number of aliphatic hydroxyl groups is 1. The van der Waals surface area contributed by atoms with Crippen molar-refractivity contribution in [1.29, 1.82) is 0 Å². The summed E-state index contributed by atoms with van der Waals surface area (Å²) < 4.78 is 0. The Bertz CT molecular complexity index is 584. The van der Waals surface area contributed by atoms with Gasteiger partial charge in [-0.25, -0.2) is 0 Å². The monoisotopic (exact) mass is 280 g/mol. The van der Waals surface area contributed by atoms with E-state index in [0.717, 1.165) is 31.2 Å². The highest BCUT2D eigenvalue weighted by Crippen LogP contribution is 2.52. The summed E-state index contributed by atoms with van der Waals surface area (Å²) in [6, 6.07) is 19.0. The van der Waals surface area contributed by atoms with Crippen LogP contribution in [0.25, 0.3) is 0 Å². The van der Waals surface area contributed by atoms with Gasteiger partial charge in [0.2, 0.25) is 0 Å². The maximum atomic E-state index is 11.0. The molecule has 0 aromatic heterocycles. The van der Waals surface area contributed by atoms with Crippen LogP contribution >= 0.6 is 0 Å². The van der Waals surface area contributed by atoms with Crippen LogP contribution in [0.5, 0.6) is 0 Å². The maximum absolute atomic E-state index is 11.0. The number of aryl methyl sites for hydroxylation is 1. The smallest absolute Gasteiger partial charge is 0.0886 e. The molecule has 3 rings (SSSR count). The van der Waals surface area contributed by atoms with Crippen LogP contribution in [-0.4, -0.2) is 5.11 Å². The Morgan fingerprint density at radius 3 is 2.43 bits per heavy atom. The first-order valence-corrected chi connectivity index (χ1v) is 8.09. The first-order chi connectivity index (χ1) is 10.3. The van der Waals surface area contributed by atoms with Crippen LogP contribution in [0.4, 0.5) is 0 Å². The molecule has 110 valence electrons. The van der Waals surface area contributed by atoms with Crippen LogP contribution in [-0.2, 0) is 11.8 Å². The maximum Gasteiger partial charge on any atom is 0.0886 e. The molecule has 0 saturated heterocycles. The molecule has 1 unspecified atom stereocenters. The lowest BCUT2D eigenvalue weighted by Gasteiger charge is -2.46. The van der Waals surface area contributed by atoms with Crippen molar-refractivity contribution in [2.45, 2.75) is 50.5 Å². The summed E-state index contributed by atoms with van der Waals surface area (Å²) in [6.07, 6.45) is 5.19. The Labute approximate surface area is 127 Å². The zero-order chi connectivity index (χ0) is 14.7. The van der Waals surface area contributed by atoms with Gasteiger partial charge in [0.25, 0.3) is 0 Å². The lowest BCUT2D eigenvalue weighted by atomic mass is 9.60. The zero-order valence-electron chi connectivity index (χ0n) is 12.8. The molecule has 1 nitrogen and oxygen atoms in total. The summed E-state index contributed by atoms with van der Waals surface area (Å²) in [4.78, 5) is 0. The molecule has 1 N–H and O–H groups in total. The highest BCUT2D eigenvalue weighted by atomic mass is 16.3. The third-order valence-electron chi connectivity index (χ3n) is 4.92. The summed E-state index contributed by atoms with van der Waals surface area (Å²) in [6.45, 7) is 2.19. The Morgan fingerprint density at radius 1 is 1.05 bits per heavy atom. The van der Waals surface area contributed by atoms with Crippen molar-refractivity contribution in [1.82, 2.24) is 0 Å². The van der Waals surface area contributed by atoms with Gasteiger partial charge in [-0.05, 0) is 36.0 Å². The largest absolute Gasteiger partial charge is 0.387 e. The SMILES string of the molecule is CCCc1cccc(C(O)C2(c3ccccc3)CCC2)c1. The predicted octanol–water partition coefficient (Wildman–Crippen LogP) is 4.79. The normalized spacial score (nSPS) is 18.0. The summed E-state index contributed by atoms with van der Waals surface area (Å²) in [5, 5.41) is 11.0. The molecule has 1 heteroatoms. The fraction of sp³-hybridized carbons (Fsp3) is 0.400. The second kappa shape index (κ2) is 6.03. The van der Waals surface area contributed by atoms with E-state index in [-0.39, 0.29) is 5.41 Å². The predicted molar refractivity (Wildman–Crippen MR) is 87.4 cm³/mol. The average molecular weight is 280 g/mol. The number of hydrogen-bond donors (Lipinski definition) is 1. The van der Waals surface area contributed by atoms with E-state index in [1.165, 1.54) is 17.5 Å². The minimum absolute atomic E-state index is 0.0773. The van der Waals surface area contributed by atoms with E-state index < -0.39 is 6.10 Å². The van der Waals surface area contributed by atoms with Crippen molar-refractivity contribution < 1.29 is 5.11 Å². The van der Waals surface area contributed by atoms with Gasteiger partial charge >= 0.3 is 0 Å². The van der Waals surface area contributed by atoms with Crippen molar-refractivity contribution in [3.05, 3.63) is 71.3 Å². The van der Waals surface area contributed by atoms with E-state index in [0.29, 0.717) is 0 Å². The van der Waals surface area contributed by atoms with Gasteiger partial charge in [0, 0.05) is 5.41 Å². The molecule has 2 aromatic rings. The molecular weight excluding hydrogens is 256 g/mol. The van der Waals surface area contributed by atoms with Crippen LogP contribution in [0, 0.1) is 0 Å². The molecule has 21 heavy (non-hydrogen) atoms. The van der Waals surface area contributed by atoms with Crippen LogP contribution in [0.3, 0.4) is 0 Å². The molecule has 1 aliphatic carbocycles. The van der Waals surface area contributed by atoms with Crippen LogP contribution in [0.15, 0.2) is 54.6 Å². The highest BCUT2D eigenvalue weighted by molar-refractivity contribution is 5.35. The molecule has 2 aromatic carbocycles. The number of benzene rings is 2. The van der Waals surface area contributed by atoms with Crippen LogP contribution < -0.4 is 0 Å². The Kier molecular flexibility index (Phi) is 4.12. The molecule has 0 heterocycles. The summed E-state index contributed by atoms with van der Waals surface area (Å²) in [5.41, 5.74) is 3.61. The van der Waals surface area contributed by atoms with Crippen molar-refractivity contribution in [3.63, 3.8) is 0 Å². The molecule has 1 saturated carbocycles. The van der Waals surface area contributed by atoms with E-state index in [1.807, 2.05) is 6.07 Å². The van der Waals surface area contributed by atoms with Crippen LogP contribution in [0.2, 0.25) is 0 Å². The first kappa shape index (κ1) is 14.3. The van der Waals surface area contributed by atoms with Crippen molar-refractivity contribution in [3.8, 4) is 0 Å². The molecule has 0 amide bonds. The Balaban J connectivity index is 1.92. The van der Waals surface area contributed by atoms with Gasteiger partial charge in [0.1, 0.15) is 0 Å². The molecule has 0 spiro atoms. The summed E-state index contributed by atoms with van der Waals surface area (Å²) >= 11 is 0. The number of rotatable bonds is 5. The van der Waals surface area contributed by atoms with Gasteiger partial charge in [-0.1, -0.05) is 74.4 Å². The number of aliphatic hydroxyl groups excluding tert-OH is 1. The van der Waals surface area contributed by atoms with Gasteiger partial charge in [-0.2, -0.15) is 0 Å². The second-order valence-corrected chi connectivity index (χ2v) is 6.27. The lowest BCUT2D eigenvalue weighted by molar-refractivity contribution is 0.0268. The molecule has 0 radical (unpaired) electrons. The molecule has 1 fully saturated rings. The van der Waals surface area contributed by atoms with Crippen molar-refractivity contribution in [2.75, 3.05) is 0 Å². The minimum atomic E-state index is -0.398. The quantitative estimate of drug-likeness (QED) is 0.834. The van der Waals surface area contributed by atoms with Gasteiger partial charge in [0.15, 0.2) is 0 Å². The van der Waals surface area contributed by atoms with E-state index in [9.17, 15) is 5.11 Å². The highest BCUT2D eigenvalue weighted by Gasteiger charge is 2.45. The standard InChI is InChI=1S/C20H24O/c1-2-8-16-9-6-10-17(15-16)19(21)20(13-7-14-20)18-11-4-3-5-12-18/h3-6,9-12,15,19,21H,2,7-8,13-14H2,1H3. The van der Waals surface area contributed by atoms with E-state index in [4.69, 9.17) is 0 Å². The van der Waals surface area contributed by atoms with E-state index in [2.05, 4.69) is 55.5 Å². The van der Waals surface area contributed by atoms with Gasteiger partial charge in [-0.15, -0.1) is 0 Å². The van der Waals surface area contributed by atoms with Crippen molar-refractivity contribution in [2.24, 2.45) is 0 Å². The molecule has 1 aliphatic rings. The summed E-state index contributed by atoms with van der Waals surface area (Å²) in [7, 11) is 0. The van der Waals surface area contributed by atoms with Crippen molar-refractivity contribution >= 4 is 0 Å². The molecular formula is C20H24O. The zero-order valence-corrected chi connectivity index (χ0v) is 12.8. The third-order valence-corrected chi connectivity index (χ3v) is 4.92. The second-order valence-electron chi connectivity index (χ2n) is 6.27. The molecule has 1 atom stereocenters. The van der Waals surface area contributed by atoms with Crippen LogP contribution in [0.1, 0.15) is 55.4 Å². The van der Waals surface area contributed by atoms with Gasteiger partial charge < -0.3 is 5.11 Å². The first-order valence-electron chi connectivity index (χ1n) is 8.09. The molecule has 0 aliphatic heterocycles. The number of hydrogen-bond acceptors (Lipinski definition) is 1. The average Bonchev–Trinajstić information content (AvgIpc) is 2.48. The van der Waals surface area contributed by atoms with E-state index >= 15 is 0 Å². The van der Waals surface area contributed by atoms with E-state index in [1.54, 1.807) is 0 Å². The van der Waals surface area contributed by atoms with Gasteiger partial charge in [-0.3, -0.25) is 0 Å². The topological polar surface area (TPSA) is 20.2 Å². The Morgan fingerprint density at radius 2 is 1.81 bits per heavy atom. The van der Waals surface area contributed by atoms with Gasteiger partial charge in [0.05, 0.1) is 6.10 Å². The summed E-state index contributed by atoms with van der Waals surface area (Å²) in [5.74, 6) is 0. The third kappa shape index (κ3) is 2.63. The lowest BCUT2D eigenvalue weighted by Crippen LogP contribution is -2.40. The minimum Gasteiger partial charge on any atom is -0.387 e.